The van der Waals surface area contributed by atoms with Crippen molar-refractivity contribution in [3.05, 3.63) is 30.5 Å². The Balaban J connectivity index is 1.61. The number of piperidine rings is 1. The smallest absolute Gasteiger partial charge is 0.285 e. The van der Waals surface area contributed by atoms with Crippen LogP contribution in [0.15, 0.2) is 35.6 Å². The summed E-state index contributed by atoms with van der Waals surface area (Å²) in [6.45, 7) is -4.34. The number of hydrogen-bond acceptors (Lipinski definition) is 8. The first kappa shape index (κ1) is 21.4. The fourth-order valence-corrected chi connectivity index (χ4v) is 4.11. The quantitative estimate of drug-likeness (QED) is 0.290. The third-order valence-electron chi connectivity index (χ3n) is 5.92. The summed E-state index contributed by atoms with van der Waals surface area (Å²) < 4.78 is 70.8. The third kappa shape index (κ3) is 5.04. The van der Waals surface area contributed by atoms with Gasteiger partial charge in [-0.1, -0.05) is 6.07 Å². The van der Waals surface area contributed by atoms with Gasteiger partial charge < -0.3 is 20.3 Å². The molecule has 1 aliphatic heterocycles. The van der Waals surface area contributed by atoms with Crippen LogP contribution in [0.1, 0.15) is 23.8 Å². The molecule has 4 rings (SSSR count). The molecule has 0 aliphatic carbocycles. The van der Waals surface area contributed by atoms with Gasteiger partial charge in [0.1, 0.15) is 11.2 Å². The molecule has 0 bridgehead atoms. The van der Waals surface area contributed by atoms with Gasteiger partial charge in [-0.3, -0.25) is 9.18 Å². The van der Waals surface area contributed by atoms with Crippen LogP contribution in [0, 0.1) is 5.53 Å². The van der Waals surface area contributed by atoms with Crippen molar-refractivity contribution in [2.24, 2.45) is 5.11 Å². The van der Waals surface area contributed by atoms with E-state index in [1.54, 1.807) is 30.5 Å². The minimum atomic E-state index is -3.44. The first-order valence-corrected chi connectivity index (χ1v) is 11.2. The molecule has 1 fully saturated rings. The number of ether oxygens (including phenoxy) is 1. The first-order chi connectivity index (χ1) is 18.5. The van der Waals surface area contributed by atoms with Crippen molar-refractivity contribution in [2.75, 3.05) is 44.1 Å². The van der Waals surface area contributed by atoms with E-state index in [4.69, 9.17) is 14.4 Å². The second-order valence-corrected chi connectivity index (χ2v) is 8.25. The van der Waals surface area contributed by atoms with E-state index in [1.807, 2.05) is 0 Å². The summed E-state index contributed by atoms with van der Waals surface area (Å²) in [6, 6.07) is 5.42. The molecule has 36 heavy (non-hydrogen) atoms. The van der Waals surface area contributed by atoms with Crippen LogP contribution in [-0.4, -0.2) is 70.8 Å². The number of alkyl halides is 3. The first-order valence-electron chi connectivity index (χ1n) is 12.7. The number of amides is 1. The van der Waals surface area contributed by atoms with E-state index in [-0.39, 0.29) is 24.8 Å². The van der Waals surface area contributed by atoms with E-state index < -0.39 is 37.9 Å². The maximum Gasteiger partial charge on any atom is 0.285 e. The summed E-state index contributed by atoms with van der Waals surface area (Å²) >= 11 is 0. The fraction of sp³-hybridized carbons (Fsp3) is 0.435. The lowest BCUT2D eigenvalue weighted by molar-refractivity contribution is -0.140. The largest absolute Gasteiger partial charge is 0.479 e. The van der Waals surface area contributed by atoms with E-state index in [0.29, 0.717) is 45.9 Å². The molecule has 3 N–H and O–H groups in total. The maximum absolute atomic E-state index is 14.9. The number of hydrogen-bond donors (Lipinski definition) is 3. The van der Waals surface area contributed by atoms with E-state index in [0.717, 1.165) is 0 Å². The average Bonchev–Trinajstić information content (AvgIpc) is 3.32. The Kier molecular flexibility index (Phi) is 6.17. The zero-order valence-electron chi connectivity index (χ0n) is 22.4. The number of methoxy groups -OCH3 is 1. The van der Waals surface area contributed by atoms with E-state index >= 15 is 0 Å². The van der Waals surface area contributed by atoms with Crippen molar-refractivity contribution in [3.8, 4) is 17.0 Å². The zero-order valence-corrected chi connectivity index (χ0v) is 19.4. The Hall–Kier alpha value is -3.90. The van der Waals surface area contributed by atoms with Crippen molar-refractivity contribution in [2.45, 2.75) is 31.7 Å². The van der Waals surface area contributed by atoms with E-state index in [2.05, 4.69) is 25.8 Å². The summed E-state index contributed by atoms with van der Waals surface area (Å²) in [5.74, 6) is -4.79. The van der Waals surface area contributed by atoms with Gasteiger partial charge in [0.05, 0.1) is 32.1 Å². The van der Waals surface area contributed by atoms with Crippen LogP contribution >= 0.6 is 0 Å². The molecule has 2 aromatic heterocycles. The molecule has 0 radical (unpaired) electrons. The van der Waals surface area contributed by atoms with Gasteiger partial charge in [-0.25, -0.2) is 18.8 Å². The van der Waals surface area contributed by atoms with Gasteiger partial charge in [0.15, 0.2) is 0 Å². The molecular weight excluding hydrogens is 477 g/mol. The molecule has 1 aromatic carbocycles. The maximum atomic E-state index is 14.9. The van der Waals surface area contributed by atoms with Gasteiger partial charge in [-0.2, -0.15) is 10.1 Å². The van der Waals surface area contributed by atoms with Crippen LogP contribution in [0.4, 0.5) is 30.5 Å². The van der Waals surface area contributed by atoms with Gasteiger partial charge in [-0.05, 0) is 36.6 Å². The predicted molar refractivity (Wildman–Crippen MR) is 128 cm³/mol. The van der Waals surface area contributed by atoms with Crippen LogP contribution in [-0.2, 0) is 4.79 Å². The molecular formula is C23H27F3N8O2. The van der Waals surface area contributed by atoms with Gasteiger partial charge in [0.2, 0.25) is 17.7 Å². The third-order valence-corrected chi connectivity index (χ3v) is 5.92. The van der Waals surface area contributed by atoms with E-state index in [1.165, 1.54) is 11.6 Å². The minimum absolute atomic E-state index is 0.104. The van der Waals surface area contributed by atoms with Crippen molar-refractivity contribution in [1.29, 1.82) is 5.53 Å². The van der Waals surface area contributed by atoms with Crippen LogP contribution in [0.25, 0.3) is 16.6 Å². The fourth-order valence-electron chi connectivity index (χ4n) is 4.11. The summed E-state index contributed by atoms with van der Waals surface area (Å²) in [5.41, 5.74) is 10.1. The van der Waals surface area contributed by atoms with Crippen molar-refractivity contribution in [3.63, 3.8) is 0 Å². The van der Waals surface area contributed by atoms with Crippen molar-refractivity contribution < 1.29 is 26.8 Å². The number of halogens is 3. The molecule has 10 nitrogen and oxygen atoms in total. The Morgan fingerprint density at radius 3 is 2.94 bits per heavy atom. The number of rotatable bonds is 9. The Morgan fingerprint density at radius 1 is 1.42 bits per heavy atom. The molecule has 0 spiro atoms. The highest BCUT2D eigenvalue weighted by molar-refractivity contribution is 5.87. The second kappa shape index (κ2) is 10.4. The number of nitrogens with one attached hydrogen (secondary N) is 3. The number of anilines is 2. The van der Waals surface area contributed by atoms with Crippen LogP contribution in [0.2, 0.25) is 0 Å². The molecule has 1 aliphatic rings. The number of benzene rings is 1. The SMILES string of the molecule is [2H]C([2H])([2H])C(=O)N1CC[C@@H](Nc2nc(OC)c3c(-c4ccc(N=N)c(NCCCF)c4)ccn3n2)C(F)(F)C1. The molecule has 0 unspecified atom stereocenters. The van der Waals surface area contributed by atoms with Gasteiger partial charge in [0.25, 0.3) is 5.92 Å². The summed E-state index contributed by atoms with van der Waals surface area (Å²) in [6.07, 6.45) is 1.68. The van der Waals surface area contributed by atoms with Crippen LogP contribution in [0.5, 0.6) is 5.88 Å². The minimum Gasteiger partial charge on any atom is -0.479 e. The summed E-state index contributed by atoms with van der Waals surface area (Å²) in [7, 11) is 1.38. The topological polar surface area (TPSA) is 120 Å². The lowest BCUT2D eigenvalue weighted by atomic mass is 10.0. The highest BCUT2D eigenvalue weighted by atomic mass is 19.3. The number of carbonyl (C=O) groups is 1. The Labute approximate surface area is 209 Å². The molecule has 13 heteroatoms. The highest BCUT2D eigenvalue weighted by Crippen LogP contribution is 2.36. The van der Waals surface area contributed by atoms with Gasteiger partial charge >= 0.3 is 0 Å². The monoisotopic (exact) mass is 507 g/mol. The second-order valence-electron chi connectivity index (χ2n) is 8.25. The number of carbonyl (C=O) groups excluding carboxylic acids is 1. The average molecular weight is 508 g/mol. The number of fused-ring (bicyclic) bond motifs is 1. The van der Waals surface area contributed by atoms with Crippen LogP contribution in [0.3, 0.4) is 0 Å². The van der Waals surface area contributed by atoms with Gasteiger partial charge in [-0.15, -0.1) is 5.10 Å². The molecule has 3 heterocycles. The Bertz CT molecular complexity index is 1370. The van der Waals surface area contributed by atoms with Crippen LogP contribution < -0.4 is 15.4 Å². The number of likely N-dealkylation sites (tertiary alicyclic amines) is 1. The lowest BCUT2D eigenvalue weighted by Crippen LogP contribution is -2.55. The predicted octanol–water partition coefficient (Wildman–Crippen LogP) is 4.51. The number of nitrogens with zero attached hydrogens (tertiary/aromatic N) is 5. The normalized spacial score (nSPS) is 18.7. The lowest BCUT2D eigenvalue weighted by Gasteiger charge is -2.38. The number of aromatic nitrogens is 3. The van der Waals surface area contributed by atoms with Gasteiger partial charge in [0, 0.05) is 35.8 Å². The molecule has 1 atom stereocenters. The van der Waals surface area contributed by atoms with Crippen molar-refractivity contribution >= 4 is 28.7 Å². The molecule has 1 saturated heterocycles. The molecule has 3 aromatic rings. The van der Waals surface area contributed by atoms with Crippen molar-refractivity contribution in [1.82, 2.24) is 19.5 Å². The van der Waals surface area contributed by atoms with E-state index in [9.17, 15) is 18.0 Å². The standard InChI is InChI=1S/C23H27F3N8O2/c1-14(35)33-10-7-19(23(25,26)13-33)29-22-30-21(36-2)20-16(6-11-34(20)32-22)15-4-5-17(31-27)18(12-15)28-9-3-8-24/h4-6,11-12,19,27-28H,3,7-10,13H2,1-2H3,(H,29,32)/t19-/m1/s1/i1D3. The molecule has 192 valence electrons. The zero-order chi connectivity index (χ0) is 28.4. The Morgan fingerprint density at radius 2 is 2.25 bits per heavy atom. The summed E-state index contributed by atoms with van der Waals surface area (Å²) in [5, 5.41) is 13.5. The molecule has 1 amide bonds. The highest BCUT2D eigenvalue weighted by Gasteiger charge is 2.45. The summed E-state index contributed by atoms with van der Waals surface area (Å²) in [4.78, 5) is 16.9. The molecule has 0 saturated carbocycles.